The van der Waals surface area contributed by atoms with Gasteiger partial charge < -0.3 is 10.1 Å². The maximum Gasteiger partial charge on any atom is 0.213 e. The first-order valence-corrected chi connectivity index (χ1v) is 6.65. The molecule has 108 valence electrons. The van der Waals surface area contributed by atoms with E-state index in [0.29, 0.717) is 18.5 Å². The van der Waals surface area contributed by atoms with Gasteiger partial charge in [0.1, 0.15) is 5.75 Å². The van der Waals surface area contributed by atoms with Crippen molar-refractivity contribution >= 4 is 12.1 Å². The number of carbonyl (C=O) groups is 2. The zero-order chi connectivity index (χ0) is 15.0. The molecule has 1 aromatic carbocycles. The highest BCUT2D eigenvalue weighted by atomic mass is 16.5. The third-order valence-corrected chi connectivity index (χ3v) is 2.72. The van der Waals surface area contributed by atoms with Gasteiger partial charge in [-0.15, -0.1) is 6.58 Å². The summed E-state index contributed by atoms with van der Waals surface area (Å²) in [4.78, 5) is 23.0. The zero-order valence-corrected chi connectivity index (χ0v) is 12.0. The Morgan fingerprint density at radius 2 is 2.10 bits per heavy atom. The molecule has 1 N–H and O–H groups in total. The molecule has 4 heteroatoms. The fourth-order valence-corrected chi connectivity index (χ4v) is 1.65. The van der Waals surface area contributed by atoms with Crippen molar-refractivity contribution in [3.8, 4) is 5.75 Å². The summed E-state index contributed by atoms with van der Waals surface area (Å²) in [6, 6.07) is 7.50. The summed E-state index contributed by atoms with van der Waals surface area (Å²) < 4.78 is 5.54. The summed E-state index contributed by atoms with van der Waals surface area (Å²) in [5, 5.41) is 2.98. The predicted molar refractivity (Wildman–Crippen MR) is 79.0 cm³/mol. The second-order valence-corrected chi connectivity index (χ2v) is 4.78. The molecule has 0 fully saturated rings. The van der Waals surface area contributed by atoms with Gasteiger partial charge in [0.15, 0.2) is 12.1 Å². The van der Waals surface area contributed by atoms with E-state index in [9.17, 15) is 9.59 Å². The van der Waals surface area contributed by atoms with Crippen molar-refractivity contribution < 1.29 is 14.3 Å². The number of ketones is 1. The van der Waals surface area contributed by atoms with Crippen molar-refractivity contribution in [1.29, 1.82) is 0 Å². The quantitative estimate of drug-likeness (QED) is 0.425. The molecule has 0 saturated heterocycles. The number of para-hydroxylation sites is 1. The Labute approximate surface area is 119 Å². The van der Waals surface area contributed by atoms with Crippen molar-refractivity contribution in [3.05, 3.63) is 42.5 Å². The first-order valence-electron chi connectivity index (χ1n) is 6.65. The van der Waals surface area contributed by atoms with E-state index in [2.05, 4.69) is 11.9 Å². The Morgan fingerprint density at radius 1 is 1.40 bits per heavy atom. The summed E-state index contributed by atoms with van der Waals surface area (Å²) in [6.45, 7) is 7.66. The molecule has 0 aromatic heterocycles. The van der Waals surface area contributed by atoms with Gasteiger partial charge in [-0.2, -0.15) is 0 Å². The average molecular weight is 275 g/mol. The average Bonchev–Trinajstić information content (AvgIpc) is 2.44. The highest BCUT2D eigenvalue weighted by Gasteiger charge is 2.20. The van der Waals surface area contributed by atoms with Crippen molar-refractivity contribution in [3.63, 3.8) is 0 Å². The van der Waals surface area contributed by atoms with E-state index in [1.54, 1.807) is 18.2 Å². The lowest BCUT2D eigenvalue weighted by Gasteiger charge is -2.16. The fourth-order valence-electron chi connectivity index (χ4n) is 1.65. The Hall–Kier alpha value is -1.94. The van der Waals surface area contributed by atoms with Crippen LogP contribution in [0.2, 0.25) is 0 Å². The largest absolute Gasteiger partial charge is 0.475 e. The van der Waals surface area contributed by atoms with Gasteiger partial charge in [0, 0.05) is 6.04 Å². The van der Waals surface area contributed by atoms with E-state index in [-0.39, 0.29) is 18.4 Å². The number of nitrogens with one attached hydrogen (secondary N) is 1. The van der Waals surface area contributed by atoms with E-state index >= 15 is 0 Å². The summed E-state index contributed by atoms with van der Waals surface area (Å²) >= 11 is 0. The molecule has 0 saturated carbocycles. The van der Waals surface area contributed by atoms with Crippen LogP contribution in [0, 0.1) is 0 Å². The standard InChI is InChI=1S/C16H21NO3/c1-4-7-13-8-5-6-9-15(13)20-16(11-18)14(19)10-17-12(2)3/h4-6,8-9,11-12,16-17H,1,7,10H2,2-3H3. The Balaban J connectivity index is 2.75. The van der Waals surface area contributed by atoms with Crippen LogP contribution in [0.5, 0.6) is 5.75 Å². The first kappa shape index (κ1) is 16.1. The molecule has 20 heavy (non-hydrogen) atoms. The van der Waals surface area contributed by atoms with Crippen LogP contribution in [0.3, 0.4) is 0 Å². The van der Waals surface area contributed by atoms with Crippen molar-refractivity contribution in [2.75, 3.05) is 6.54 Å². The highest BCUT2D eigenvalue weighted by molar-refractivity contribution is 5.97. The second-order valence-electron chi connectivity index (χ2n) is 4.78. The first-order chi connectivity index (χ1) is 9.58. The molecule has 1 unspecified atom stereocenters. The molecule has 1 rings (SSSR count). The van der Waals surface area contributed by atoms with E-state index in [4.69, 9.17) is 4.74 Å². The molecule has 0 amide bonds. The predicted octanol–water partition coefficient (Wildman–Crippen LogP) is 1.93. The van der Waals surface area contributed by atoms with Crippen molar-refractivity contribution in [2.45, 2.75) is 32.4 Å². The molecule has 0 radical (unpaired) electrons. The lowest BCUT2D eigenvalue weighted by molar-refractivity contribution is -0.130. The number of allylic oxidation sites excluding steroid dienone is 1. The second kappa shape index (κ2) is 8.27. The number of benzene rings is 1. The minimum atomic E-state index is -1.08. The van der Waals surface area contributed by atoms with Gasteiger partial charge in [-0.1, -0.05) is 38.1 Å². The van der Waals surface area contributed by atoms with Crippen LogP contribution in [0.15, 0.2) is 36.9 Å². The summed E-state index contributed by atoms with van der Waals surface area (Å²) in [7, 11) is 0. The third-order valence-electron chi connectivity index (χ3n) is 2.72. The van der Waals surface area contributed by atoms with Crippen LogP contribution in [0.4, 0.5) is 0 Å². The van der Waals surface area contributed by atoms with E-state index in [0.717, 1.165) is 5.56 Å². The van der Waals surface area contributed by atoms with E-state index in [1.165, 1.54) is 0 Å². The van der Waals surface area contributed by atoms with Crippen molar-refractivity contribution in [1.82, 2.24) is 5.32 Å². The molecule has 0 spiro atoms. The SMILES string of the molecule is C=CCc1ccccc1OC(C=O)C(=O)CNC(C)C. The van der Waals surface area contributed by atoms with Gasteiger partial charge in [0.05, 0.1) is 6.54 Å². The Morgan fingerprint density at radius 3 is 2.70 bits per heavy atom. The lowest BCUT2D eigenvalue weighted by atomic mass is 10.1. The number of rotatable bonds is 9. The summed E-state index contributed by atoms with van der Waals surface area (Å²) in [5.41, 5.74) is 0.902. The molecule has 1 aromatic rings. The molecule has 0 aliphatic rings. The third kappa shape index (κ3) is 4.97. The maximum absolute atomic E-state index is 11.9. The molecule has 1 atom stereocenters. The molecular formula is C16H21NO3. The van der Waals surface area contributed by atoms with Gasteiger partial charge in [0.25, 0.3) is 0 Å². The van der Waals surface area contributed by atoms with E-state index in [1.807, 2.05) is 26.0 Å². The molecule has 0 bridgehead atoms. The van der Waals surface area contributed by atoms with Gasteiger partial charge in [-0.05, 0) is 18.1 Å². The van der Waals surface area contributed by atoms with E-state index < -0.39 is 6.10 Å². The highest BCUT2D eigenvalue weighted by Crippen LogP contribution is 2.20. The van der Waals surface area contributed by atoms with Gasteiger partial charge in [-0.3, -0.25) is 9.59 Å². The number of Topliss-reactive ketones (excluding diaryl/α,β-unsaturated/α-hetero) is 1. The van der Waals surface area contributed by atoms with Gasteiger partial charge in [0.2, 0.25) is 6.10 Å². The number of ether oxygens (including phenoxy) is 1. The monoisotopic (exact) mass is 275 g/mol. The van der Waals surface area contributed by atoms with Crippen LogP contribution < -0.4 is 10.1 Å². The van der Waals surface area contributed by atoms with Crippen LogP contribution in [-0.2, 0) is 16.0 Å². The molecule has 0 aliphatic carbocycles. The van der Waals surface area contributed by atoms with Gasteiger partial charge in [-0.25, -0.2) is 0 Å². The lowest BCUT2D eigenvalue weighted by Crippen LogP contribution is -2.39. The Kier molecular flexibility index (Phi) is 6.67. The maximum atomic E-state index is 11.9. The molecule has 4 nitrogen and oxygen atoms in total. The van der Waals surface area contributed by atoms with Crippen molar-refractivity contribution in [2.24, 2.45) is 0 Å². The number of carbonyl (C=O) groups excluding carboxylic acids is 2. The number of hydrogen-bond donors (Lipinski definition) is 1. The number of aldehydes is 1. The van der Waals surface area contributed by atoms with Crippen LogP contribution in [-0.4, -0.2) is 30.8 Å². The summed E-state index contributed by atoms with van der Waals surface area (Å²) in [5.74, 6) is 0.268. The Bertz CT molecular complexity index is 469. The zero-order valence-electron chi connectivity index (χ0n) is 12.0. The van der Waals surface area contributed by atoms with Crippen LogP contribution in [0.1, 0.15) is 19.4 Å². The topological polar surface area (TPSA) is 55.4 Å². The molecular weight excluding hydrogens is 254 g/mol. The summed E-state index contributed by atoms with van der Waals surface area (Å²) in [6.07, 6.45) is 1.84. The van der Waals surface area contributed by atoms with Crippen LogP contribution in [0.25, 0.3) is 0 Å². The minimum Gasteiger partial charge on any atom is -0.475 e. The fraction of sp³-hybridized carbons (Fsp3) is 0.375. The molecule has 0 aliphatic heterocycles. The molecule has 0 heterocycles. The minimum absolute atomic E-state index is 0.116. The smallest absolute Gasteiger partial charge is 0.213 e. The van der Waals surface area contributed by atoms with Crippen LogP contribution >= 0.6 is 0 Å². The number of hydrogen-bond acceptors (Lipinski definition) is 4. The van der Waals surface area contributed by atoms with Gasteiger partial charge >= 0.3 is 0 Å². The normalized spacial score (nSPS) is 11.9.